The topological polar surface area (TPSA) is 56.4 Å². The van der Waals surface area contributed by atoms with E-state index < -0.39 is 0 Å². The zero-order chi connectivity index (χ0) is 20.4. The van der Waals surface area contributed by atoms with Crippen molar-refractivity contribution in [3.05, 3.63) is 50.6 Å². The fourth-order valence-electron chi connectivity index (χ4n) is 4.37. The minimum absolute atomic E-state index is 0.0505. The van der Waals surface area contributed by atoms with E-state index in [2.05, 4.69) is 67.6 Å². The zero-order valence-electron chi connectivity index (χ0n) is 16.9. The molecule has 2 N–H and O–H groups in total. The Morgan fingerprint density at radius 2 is 2.00 bits per heavy atom. The van der Waals surface area contributed by atoms with Crippen LogP contribution in [0, 0.1) is 17.4 Å². The van der Waals surface area contributed by atoms with Crippen LogP contribution >= 0.6 is 34.8 Å². The van der Waals surface area contributed by atoms with E-state index >= 15 is 0 Å². The molecule has 0 amide bonds. The lowest BCUT2D eigenvalue weighted by Crippen LogP contribution is -2.39. The summed E-state index contributed by atoms with van der Waals surface area (Å²) in [6.45, 7) is 10.0. The third-order valence-corrected chi connectivity index (χ3v) is 7.56. The van der Waals surface area contributed by atoms with Crippen molar-refractivity contribution in [3.63, 3.8) is 0 Å². The summed E-state index contributed by atoms with van der Waals surface area (Å²) in [5, 5.41) is 4.39. The van der Waals surface area contributed by atoms with Crippen molar-refractivity contribution in [2.45, 2.75) is 32.4 Å². The number of nitrogens with one attached hydrogen (secondary N) is 2. The van der Waals surface area contributed by atoms with Crippen LogP contribution in [-0.4, -0.2) is 64.3 Å². The number of halogens is 1. The van der Waals surface area contributed by atoms with E-state index in [1.807, 2.05) is 18.3 Å². The molecule has 2 aromatic heterocycles. The maximum atomic E-state index is 5.80. The Hall–Kier alpha value is -1.23. The number of aryl methyl sites for hydroxylation is 2. The molecule has 29 heavy (non-hydrogen) atoms. The van der Waals surface area contributed by atoms with Gasteiger partial charge in [-0.3, -0.25) is 9.88 Å². The Morgan fingerprint density at radius 1 is 1.21 bits per heavy atom. The van der Waals surface area contributed by atoms with Crippen molar-refractivity contribution in [1.82, 2.24) is 25.1 Å². The number of rotatable bonds is 6. The van der Waals surface area contributed by atoms with Gasteiger partial charge in [0.15, 0.2) is 5.11 Å². The molecule has 2 aliphatic heterocycles. The van der Waals surface area contributed by atoms with Crippen LogP contribution in [0.2, 0.25) is 0 Å². The number of aromatic nitrogens is 2. The average molecular weight is 525 g/mol. The van der Waals surface area contributed by atoms with E-state index in [0.717, 1.165) is 56.6 Å². The van der Waals surface area contributed by atoms with Crippen molar-refractivity contribution in [3.8, 4) is 0 Å². The van der Waals surface area contributed by atoms with E-state index in [-0.39, 0.29) is 12.1 Å². The van der Waals surface area contributed by atoms with E-state index in [9.17, 15) is 0 Å². The highest BCUT2D eigenvalue weighted by molar-refractivity contribution is 14.1. The molecule has 2 fully saturated rings. The van der Waals surface area contributed by atoms with Gasteiger partial charge in [-0.05, 0) is 67.2 Å². The predicted molar refractivity (Wildman–Crippen MR) is 127 cm³/mol. The molecule has 0 aromatic carbocycles. The van der Waals surface area contributed by atoms with Crippen molar-refractivity contribution >= 4 is 39.9 Å². The molecular weight excluding hydrogens is 497 g/mol. The Bertz CT molecular complexity index is 852. The first-order valence-corrected chi connectivity index (χ1v) is 11.7. The lowest BCUT2D eigenvalue weighted by Gasteiger charge is -2.30. The first-order valence-electron chi connectivity index (χ1n) is 10.2. The van der Waals surface area contributed by atoms with Gasteiger partial charge in [0.1, 0.15) is 0 Å². The highest BCUT2D eigenvalue weighted by Gasteiger charge is 2.41. The summed E-state index contributed by atoms with van der Waals surface area (Å²) in [7, 11) is 0. The van der Waals surface area contributed by atoms with Crippen LogP contribution in [0.15, 0.2) is 24.4 Å². The smallest absolute Gasteiger partial charge is 0.170 e. The normalized spacial score (nSPS) is 22.9. The van der Waals surface area contributed by atoms with Crippen molar-refractivity contribution in [1.29, 1.82) is 0 Å². The highest BCUT2D eigenvalue weighted by atomic mass is 127. The Balaban J connectivity index is 1.59. The fraction of sp³-hybridized carbons (Fsp3) is 0.524. The van der Waals surface area contributed by atoms with Crippen LogP contribution in [0.3, 0.4) is 0 Å². The Labute approximate surface area is 191 Å². The SMILES string of the molecule is Cc1[nH]c(C)c([C@@H]2[C@@H](c3ccccn3)NC(=S)N2CCCN2CCOCC2)c1I. The van der Waals surface area contributed by atoms with Gasteiger partial charge in [-0.25, -0.2) is 0 Å². The van der Waals surface area contributed by atoms with Crippen LogP contribution < -0.4 is 5.32 Å². The largest absolute Gasteiger partial charge is 0.379 e. The summed E-state index contributed by atoms with van der Waals surface area (Å²) in [5.41, 5.74) is 4.79. The average Bonchev–Trinajstić information content (AvgIpc) is 3.18. The first-order chi connectivity index (χ1) is 14.1. The predicted octanol–water partition coefficient (Wildman–Crippen LogP) is 3.33. The van der Waals surface area contributed by atoms with Gasteiger partial charge in [0.05, 0.1) is 31.0 Å². The number of hydrogen-bond acceptors (Lipinski definition) is 4. The molecule has 0 bridgehead atoms. The molecule has 0 aliphatic carbocycles. The molecule has 4 heterocycles. The van der Waals surface area contributed by atoms with Gasteiger partial charge in [0.2, 0.25) is 0 Å². The summed E-state index contributed by atoms with van der Waals surface area (Å²) in [5.74, 6) is 0. The molecule has 156 valence electrons. The summed E-state index contributed by atoms with van der Waals surface area (Å²) in [6.07, 6.45) is 2.94. The summed E-state index contributed by atoms with van der Waals surface area (Å²) in [6, 6.07) is 6.28. The van der Waals surface area contributed by atoms with Crippen molar-refractivity contribution in [2.75, 3.05) is 39.4 Å². The highest BCUT2D eigenvalue weighted by Crippen LogP contribution is 2.42. The van der Waals surface area contributed by atoms with Crippen molar-refractivity contribution in [2.24, 2.45) is 0 Å². The fourth-order valence-corrected chi connectivity index (χ4v) is 5.56. The Morgan fingerprint density at radius 3 is 2.66 bits per heavy atom. The molecule has 0 unspecified atom stereocenters. The third-order valence-electron chi connectivity index (χ3n) is 5.82. The summed E-state index contributed by atoms with van der Waals surface area (Å²) < 4.78 is 6.76. The molecule has 0 radical (unpaired) electrons. The second-order valence-corrected chi connectivity index (χ2v) is 9.20. The van der Waals surface area contributed by atoms with Gasteiger partial charge in [-0.15, -0.1) is 0 Å². The minimum atomic E-state index is 0.0505. The molecule has 6 nitrogen and oxygen atoms in total. The summed E-state index contributed by atoms with van der Waals surface area (Å²) >= 11 is 8.26. The van der Waals surface area contributed by atoms with Crippen LogP contribution in [0.5, 0.6) is 0 Å². The van der Waals surface area contributed by atoms with E-state index in [1.165, 1.54) is 20.5 Å². The van der Waals surface area contributed by atoms with Crippen molar-refractivity contribution < 1.29 is 4.74 Å². The number of nitrogens with zero attached hydrogens (tertiary/aromatic N) is 3. The quantitative estimate of drug-likeness (QED) is 0.446. The van der Waals surface area contributed by atoms with E-state index in [1.54, 1.807) is 0 Å². The van der Waals surface area contributed by atoms with E-state index in [4.69, 9.17) is 17.0 Å². The third kappa shape index (κ3) is 4.45. The number of hydrogen-bond donors (Lipinski definition) is 2. The number of pyridine rings is 1. The standard InChI is InChI=1S/C21H28IN5OS/c1-14-17(18(22)15(2)24-14)20-19(16-6-3-4-7-23-16)25-21(29)27(20)9-5-8-26-10-12-28-13-11-26/h3-4,6-7,19-20,24H,5,8-13H2,1-2H3,(H,25,29)/t19-,20-/m1/s1. The molecule has 4 rings (SSSR count). The molecule has 2 aliphatic rings. The monoisotopic (exact) mass is 525 g/mol. The number of H-pyrrole nitrogens is 1. The van der Waals surface area contributed by atoms with Gasteiger partial charge in [-0.2, -0.15) is 0 Å². The molecule has 0 spiro atoms. The number of ether oxygens (including phenoxy) is 1. The van der Waals surface area contributed by atoms with Gasteiger partial charge in [0.25, 0.3) is 0 Å². The maximum absolute atomic E-state index is 5.80. The van der Waals surface area contributed by atoms with Crippen LogP contribution in [0.1, 0.15) is 41.1 Å². The minimum Gasteiger partial charge on any atom is -0.379 e. The summed E-state index contributed by atoms with van der Waals surface area (Å²) in [4.78, 5) is 13.0. The van der Waals surface area contributed by atoms with Gasteiger partial charge in [0, 0.05) is 52.9 Å². The number of morpholine rings is 1. The van der Waals surface area contributed by atoms with Gasteiger partial charge >= 0.3 is 0 Å². The second-order valence-electron chi connectivity index (χ2n) is 7.73. The molecule has 2 atom stereocenters. The Kier molecular flexibility index (Phi) is 6.73. The van der Waals surface area contributed by atoms with Crippen LogP contribution in [0.25, 0.3) is 0 Å². The lowest BCUT2D eigenvalue weighted by molar-refractivity contribution is 0.0365. The molecule has 2 aromatic rings. The number of aromatic amines is 1. The zero-order valence-corrected chi connectivity index (χ0v) is 19.9. The molecule has 8 heteroatoms. The van der Waals surface area contributed by atoms with Crippen LogP contribution in [0.4, 0.5) is 0 Å². The number of thiocarbonyl (C=S) groups is 1. The van der Waals surface area contributed by atoms with Crippen LogP contribution in [-0.2, 0) is 4.74 Å². The van der Waals surface area contributed by atoms with Gasteiger partial charge in [-0.1, -0.05) is 6.07 Å². The second kappa shape index (κ2) is 9.28. The lowest BCUT2D eigenvalue weighted by atomic mass is 9.96. The molecule has 0 saturated carbocycles. The van der Waals surface area contributed by atoms with E-state index in [0.29, 0.717) is 0 Å². The van der Waals surface area contributed by atoms with Gasteiger partial charge < -0.3 is 19.9 Å². The molecular formula is C21H28IN5OS. The maximum Gasteiger partial charge on any atom is 0.170 e. The first kappa shape index (κ1) is 21.0. The molecule has 2 saturated heterocycles.